The van der Waals surface area contributed by atoms with Gasteiger partial charge < -0.3 is 19.4 Å². The summed E-state index contributed by atoms with van der Waals surface area (Å²) in [4.78, 5) is 43.9. The lowest BCUT2D eigenvalue weighted by Crippen LogP contribution is -2.44. The highest BCUT2D eigenvalue weighted by molar-refractivity contribution is 5.76. The van der Waals surface area contributed by atoms with E-state index < -0.39 is 23.7 Å². The Hall–Kier alpha value is -4.18. The maximum Gasteiger partial charge on any atom is 0.333 e. The Morgan fingerprint density at radius 1 is 1.00 bits per heavy atom. The van der Waals surface area contributed by atoms with Crippen LogP contribution < -0.4 is 21.3 Å². The highest BCUT2D eigenvalue weighted by Crippen LogP contribution is 2.16. The number of amides is 1. The summed E-state index contributed by atoms with van der Waals surface area (Å²) in [6.07, 6.45) is 1.51. The third-order valence-corrected chi connectivity index (χ3v) is 5.67. The molecular formula is C25H27N5O5. The third-order valence-electron chi connectivity index (χ3n) is 5.67. The van der Waals surface area contributed by atoms with Crippen molar-refractivity contribution in [3.63, 3.8) is 0 Å². The topological polar surface area (TPSA) is 109 Å². The van der Waals surface area contributed by atoms with Crippen molar-refractivity contribution >= 4 is 17.1 Å². The van der Waals surface area contributed by atoms with Crippen molar-refractivity contribution in [2.75, 3.05) is 20.8 Å². The number of para-hydroxylation sites is 1. The van der Waals surface area contributed by atoms with Gasteiger partial charge >= 0.3 is 5.69 Å². The Balaban J connectivity index is 1.70. The number of hydrogen-bond donors (Lipinski definition) is 1. The Morgan fingerprint density at radius 3 is 2.49 bits per heavy atom. The lowest BCUT2D eigenvalue weighted by Gasteiger charge is -2.13. The van der Waals surface area contributed by atoms with Gasteiger partial charge in [0.05, 0.1) is 26.6 Å². The Labute approximate surface area is 201 Å². The van der Waals surface area contributed by atoms with E-state index in [1.54, 1.807) is 24.9 Å². The van der Waals surface area contributed by atoms with Crippen LogP contribution in [0.1, 0.15) is 11.1 Å². The van der Waals surface area contributed by atoms with Crippen molar-refractivity contribution < 1.29 is 14.3 Å². The number of nitrogens with zero attached hydrogens (tertiary/aromatic N) is 4. The molecular weight excluding hydrogens is 450 g/mol. The first-order chi connectivity index (χ1) is 17.0. The van der Waals surface area contributed by atoms with E-state index in [0.717, 1.165) is 15.7 Å². The molecule has 1 amide bonds. The quantitative estimate of drug-likeness (QED) is 0.370. The van der Waals surface area contributed by atoms with Gasteiger partial charge in [0.15, 0.2) is 11.2 Å². The first kappa shape index (κ1) is 24.0. The maximum atomic E-state index is 13.4. The number of nitrogens with one attached hydrogen (secondary N) is 1. The molecule has 182 valence electrons. The van der Waals surface area contributed by atoms with Crippen molar-refractivity contribution in [3.05, 3.63) is 92.9 Å². The largest absolute Gasteiger partial charge is 0.496 e. The van der Waals surface area contributed by atoms with Gasteiger partial charge in [-0.15, -0.1) is 0 Å². The highest BCUT2D eigenvalue weighted by atomic mass is 16.5. The number of carbonyl (C=O) groups is 1. The molecule has 2 heterocycles. The molecule has 4 rings (SSSR count). The number of fused-ring (bicyclic) bond motifs is 1. The predicted molar refractivity (Wildman–Crippen MR) is 131 cm³/mol. The summed E-state index contributed by atoms with van der Waals surface area (Å²) in [5.74, 6) is 0.169. The second-order valence-electron chi connectivity index (χ2n) is 7.94. The molecule has 0 aliphatic carbocycles. The van der Waals surface area contributed by atoms with Crippen LogP contribution in [0, 0.1) is 0 Å². The van der Waals surface area contributed by atoms with E-state index in [2.05, 4.69) is 10.3 Å². The number of benzene rings is 2. The van der Waals surface area contributed by atoms with Gasteiger partial charge in [-0.3, -0.25) is 14.2 Å². The Kier molecular flexibility index (Phi) is 7.41. The second kappa shape index (κ2) is 10.8. The van der Waals surface area contributed by atoms with E-state index in [1.807, 2.05) is 48.5 Å². The molecule has 0 bridgehead atoms. The number of imidazole rings is 1. The van der Waals surface area contributed by atoms with Crippen LogP contribution in [0.4, 0.5) is 0 Å². The summed E-state index contributed by atoms with van der Waals surface area (Å²) >= 11 is 0. The summed E-state index contributed by atoms with van der Waals surface area (Å²) in [7, 11) is 3.12. The molecule has 2 aromatic carbocycles. The van der Waals surface area contributed by atoms with Gasteiger partial charge in [-0.1, -0.05) is 48.5 Å². The van der Waals surface area contributed by atoms with E-state index >= 15 is 0 Å². The molecule has 10 nitrogen and oxygen atoms in total. The summed E-state index contributed by atoms with van der Waals surface area (Å²) < 4.78 is 14.5. The van der Waals surface area contributed by atoms with E-state index in [1.165, 1.54) is 10.9 Å². The molecule has 0 radical (unpaired) electrons. The van der Waals surface area contributed by atoms with Crippen LogP contribution in [0.3, 0.4) is 0 Å². The first-order valence-electron chi connectivity index (χ1n) is 11.1. The predicted octanol–water partition coefficient (Wildman–Crippen LogP) is 1.38. The fourth-order valence-corrected chi connectivity index (χ4v) is 3.89. The third kappa shape index (κ3) is 5.17. The molecule has 0 unspecified atom stereocenters. The molecule has 0 saturated heterocycles. The minimum absolute atomic E-state index is 0.198. The fraction of sp³-hybridized carbons (Fsp3) is 0.280. The average molecular weight is 478 g/mol. The Morgan fingerprint density at radius 2 is 1.74 bits per heavy atom. The van der Waals surface area contributed by atoms with Gasteiger partial charge in [0, 0.05) is 25.8 Å². The zero-order chi connectivity index (χ0) is 24.8. The molecule has 35 heavy (non-hydrogen) atoms. The van der Waals surface area contributed by atoms with Gasteiger partial charge in [0.2, 0.25) is 5.91 Å². The van der Waals surface area contributed by atoms with Gasteiger partial charge in [-0.05, 0) is 11.6 Å². The van der Waals surface area contributed by atoms with Crippen LogP contribution in [0.15, 0.2) is 70.5 Å². The van der Waals surface area contributed by atoms with Gasteiger partial charge in [-0.2, -0.15) is 0 Å². The second-order valence-corrected chi connectivity index (χ2v) is 7.94. The summed E-state index contributed by atoms with van der Waals surface area (Å²) in [6, 6.07) is 16.7. The van der Waals surface area contributed by atoms with Crippen molar-refractivity contribution in [2.24, 2.45) is 0 Å². The van der Waals surface area contributed by atoms with Crippen molar-refractivity contribution in [1.29, 1.82) is 0 Å². The lowest BCUT2D eigenvalue weighted by molar-refractivity contribution is -0.121. The van der Waals surface area contributed by atoms with Crippen LogP contribution in [0.2, 0.25) is 0 Å². The van der Waals surface area contributed by atoms with E-state index in [0.29, 0.717) is 18.9 Å². The molecule has 2 aromatic heterocycles. The van der Waals surface area contributed by atoms with Crippen LogP contribution in [-0.2, 0) is 35.7 Å². The van der Waals surface area contributed by atoms with Gasteiger partial charge in [0.1, 0.15) is 12.3 Å². The SMILES string of the molecule is COCCn1cnc2c1c(=O)n(CC(=O)NCc1ccccc1OC)c(=O)n2Cc1ccccc1. The van der Waals surface area contributed by atoms with E-state index in [-0.39, 0.29) is 24.3 Å². The zero-order valence-corrected chi connectivity index (χ0v) is 19.6. The number of hydrogen-bond acceptors (Lipinski definition) is 6. The fourth-order valence-electron chi connectivity index (χ4n) is 3.89. The smallest absolute Gasteiger partial charge is 0.333 e. The molecule has 4 aromatic rings. The van der Waals surface area contributed by atoms with E-state index in [9.17, 15) is 14.4 Å². The normalized spacial score (nSPS) is 11.0. The molecule has 0 aliphatic rings. The number of ether oxygens (including phenoxy) is 2. The average Bonchev–Trinajstić information content (AvgIpc) is 3.31. The maximum absolute atomic E-state index is 13.4. The molecule has 0 fully saturated rings. The minimum Gasteiger partial charge on any atom is -0.496 e. The number of carbonyl (C=O) groups excluding carboxylic acids is 1. The van der Waals surface area contributed by atoms with Crippen molar-refractivity contribution in [1.82, 2.24) is 24.0 Å². The monoisotopic (exact) mass is 477 g/mol. The van der Waals surface area contributed by atoms with Crippen LogP contribution in [0.5, 0.6) is 5.75 Å². The molecule has 0 atom stereocenters. The minimum atomic E-state index is -0.601. The molecule has 10 heteroatoms. The molecule has 1 N–H and O–H groups in total. The number of methoxy groups -OCH3 is 2. The lowest BCUT2D eigenvalue weighted by atomic mass is 10.2. The summed E-state index contributed by atoms with van der Waals surface area (Å²) in [5.41, 5.74) is 0.991. The first-order valence-corrected chi connectivity index (χ1v) is 11.1. The van der Waals surface area contributed by atoms with Crippen molar-refractivity contribution in [3.8, 4) is 5.75 Å². The van der Waals surface area contributed by atoms with Gasteiger partial charge in [0.25, 0.3) is 5.56 Å². The van der Waals surface area contributed by atoms with Crippen LogP contribution in [-0.4, -0.2) is 45.4 Å². The Bertz CT molecular complexity index is 1440. The summed E-state index contributed by atoms with van der Waals surface area (Å²) in [5, 5.41) is 2.77. The molecule has 0 saturated carbocycles. The van der Waals surface area contributed by atoms with Crippen LogP contribution >= 0.6 is 0 Å². The highest BCUT2D eigenvalue weighted by Gasteiger charge is 2.20. The molecule has 0 aliphatic heterocycles. The molecule has 0 spiro atoms. The zero-order valence-electron chi connectivity index (χ0n) is 19.6. The standard InChI is InChI=1S/C25H27N5O5/c1-34-13-12-28-17-27-23-22(28)24(32)30(25(33)29(23)15-18-8-4-3-5-9-18)16-21(31)26-14-19-10-6-7-11-20(19)35-2/h3-11,17H,12-16H2,1-2H3,(H,26,31). The van der Waals surface area contributed by atoms with Crippen LogP contribution in [0.25, 0.3) is 11.2 Å². The summed E-state index contributed by atoms with van der Waals surface area (Å²) in [6.45, 7) is 0.727. The van der Waals surface area contributed by atoms with E-state index in [4.69, 9.17) is 9.47 Å². The number of rotatable bonds is 10. The van der Waals surface area contributed by atoms with Gasteiger partial charge in [-0.25, -0.2) is 14.3 Å². The number of aromatic nitrogens is 4. The van der Waals surface area contributed by atoms with Crippen molar-refractivity contribution in [2.45, 2.75) is 26.2 Å².